The minimum Gasteiger partial charge on any atom is -0.370 e. The smallest absolute Gasteiger partial charge is 0.123 e. The van der Waals surface area contributed by atoms with Crippen molar-refractivity contribution in [1.29, 1.82) is 0 Å². The third-order valence-corrected chi connectivity index (χ3v) is 4.22. The highest BCUT2D eigenvalue weighted by molar-refractivity contribution is 7.12. The first-order valence-electron chi connectivity index (χ1n) is 7.06. The van der Waals surface area contributed by atoms with Crippen molar-refractivity contribution in [2.75, 3.05) is 0 Å². The van der Waals surface area contributed by atoms with Crippen LogP contribution in [0.15, 0.2) is 54.6 Å². The number of hydrogen-bond acceptors (Lipinski definition) is 3. The van der Waals surface area contributed by atoms with E-state index < -0.39 is 0 Å². The van der Waals surface area contributed by atoms with E-state index in [1.807, 2.05) is 43.3 Å². The molecule has 3 rings (SSSR count). The summed E-state index contributed by atoms with van der Waals surface area (Å²) in [6.07, 6.45) is 0. The van der Waals surface area contributed by atoms with E-state index in [1.165, 1.54) is 12.1 Å². The molecule has 1 aromatic heterocycles. The second-order valence-electron chi connectivity index (χ2n) is 5.00. The Balaban J connectivity index is 1.67. The molecule has 0 fully saturated rings. The minimum absolute atomic E-state index is 0.244. The molecule has 3 aromatic rings. The molecule has 0 aliphatic heterocycles. The summed E-state index contributed by atoms with van der Waals surface area (Å²) in [5, 5.41) is 0.910. The molecule has 4 heteroatoms. The SMILES string of the molecule is Cc1sc(COCc2ccccc2)nc1-c1cccc(F)c1. The quantitative estimate of drug-likeness (QED) is 0.663. The lowest BCUT2D eigenvalue weighted by Gasteiger charge is -2.01. The number of nitrogens with zero attached hydrogens (tertiary/aromatic N) is 1. The second kappa shape index (κ2) is 6.81. The number of benzene rings is 2. The highest BCUT2D eigenvalue weighted by atomic mass is 32.1. The maximum absolute atomic E-state index is 13.3. The van der Waals surface area contributed by atoms with Gasteiger partial charge in [-0.3, -0.25) is 0 Å². The first kappa shape index (κ1) is 14.9. The van der Waals surface area contributed by atoms with E-state index in [-0.39, 0.29) is 5.82 Å². The summed E-state index contributed by atoms with van der Waals surface area (Å²) in [5.74, 6) is -0.244. The van der Waals surface area contributed by atoms with Gasteiger partial charge in [0.25, 0.3) is 0 Å². The van der Waals surface area contributed by atoms with Gasteiger partial charge in [0.15, 0.2) is 0 Å². The van der Waals surface area contributed by atoms with Gasteiger partial charge < -0.3 is 4.74 Å². The topological polar surface area (TPSA) is 22.1 Å². The molecule has 0 amide bonds. The van der Waals surface area contributed by atoms with E-state index in [4.69, 9.17) is 4.74 Å². The summed E-state index contributed by atoms with van der Waals surface area (Å²) in [6.45, 7) is 3.03. The highest BCUT2D eigenvalue weighted by Gasteiger charge is 2.10. The summed E-state index contributed by atoms with van der Waals surface area (Å²) in [5.41, 5.74) is 2.78. The van der Waals surface area contributed by atoms with Crippen LogP contribution in [0, 0.1) is 12.7 Å². The van der Waals surface area contributed by atoms with Crippen LogP contribution in [-0.4, -0.2) is 4.98 Å². The highest BCUT2D eigenvalue weighted by Crippen LogP contribution is 2.28. The monoisotopic (exact) mass is 313 g/mol. The summed E-state index contributed by atoms with van der Waals surface area (Å²) in [4.78, 5) is 5.65. The zero-order valence-corrected chi connectivity index (χ0v) is 13.1. The lowest BCUT2D eigenvalue weighted by molar-refractivity contribution is 0.107. The predicted octanol–water partition coefficient (Wildman–Crippen LogP) is 4.97. The molecule has 0 saturated carbocycles. The Morgan fingerprint density at radius 3 is 2.64 bits per heavy atom. The molecule has 1 heterocycles. The molecule has 112 valence electrons. The summed E-state index contributed by atoms with van der Waals surface area (Å²) >= 11 is 1.59. The van der Waals surface area contributed by atoms with Gasteiger partial charge in [-0.25, -0.2) is 9.37 Å². The van der Waals surface area contributed by atoms with Crippen molar-refractivity contribution in [1.82, 2.24) is 4.98 Å². The average Bonchev–Trinajstić information content (AvgIpc) is 2.89. The molecular weight excluding hydrogens is 297 g/mol. The maximum Gasteiger partial charge on any atom is 0.123 e. The number of thiazole rings is 1. The first-order chi connectivity index (χ1) is 10.7. The number of halogens is 1. The van der Waals surface area contributed by atoms with Gasteiger partial charge in [0, 0.05) is 10.4 Å². The molecule has 0 bridgehead atoms. The van der Waals surface area contributed by atoms with Crippen LogP contribution in [0.5, 0.6) is 0 Å². The largest absolute Gasteiger partial charge is 0.370 e. The molecule has 0 spiro atoms. The molecule has 2 nitrogen and oxygen atoms in total. The Labute approximate surface area is 133 Å². The van der Waals surface area contributed by atoms with E-state index in [1.54, 1.807) is 17.4 Å². The number of hydrogen-bond donors (Lipinski definition) is 0. The average molecular weight is 313 g/mol. The molecule has 0 saturated heterocycles. The number of rotatable bonds is 5. The van der Waals surface area contributed by atoms with Crippen LogP contribution in [-0.2, 0) is 18.0 Å². The Kier molecular flexibility index (Phi) is 4.61. The normalized spacial score (nSPS) is 10.8. The van der Waals surface area contributed by atoms with Gasteiger partial charge in [-0.1, -0.05) is 42.5 Å². The third-order valence-electron chi connectivity index (χ3n) is 3.28. The zero-order valence-electron chi connectivity index (χ0n) is 12.3. The molecule has 0 atom stereocenters. The molecule has 22 heavy (non-hydrogen) atoms. The zero-order chi connectivity index (χ0) is 15.4. The lowest BCUT2D eigenvalue weighted by atomic mass is 10.1. The molecule has 0 unspecified atom stereocenters. The molecule has 0 aliphatic carbocycles. The molecule has 2 aromatic carbocycles. The number of ether oxygens (including phenoxy) is 1. The van der Waals surface area contributed by atoms with Crippen LogP contribution >= 0.6 is 11.3 Å². The standard InChI is InChI=1S/C18H16FNOS/c1-13-18(15-8-5-9-16(19)10-15)20-17(22-13)12-21-11-14-6-3-2-4-7-14/h2-10H,11-12H2,1H3. The van der Waals surface area contributed by atoms with E-state index in [9.17, 15) is 4.39 Å². The van der Waals surface area contributed by atoms with Gasteiger partial charge in [0.05, 0.1) is 18.9 Å². The Hall–Kier alpha value is -2.04. The summed E-state index contributed by atoms with van der Waals surface area (Å²) < 4.78 is 19.0. The fourth-order valence-corrected chi connectivity index (χ4v) is 3.14. The maximum atomic E-state index is 13.3. The van der Waals surface area contributed by atoms with Crippen molar-refractivity contribution >= 4 is 11.3 Å². The van der Waals surface area contributed by atoms with E-state index in [0.29, 0.717) is 13.2 Å². The van der Waals surface area contributed by atoms with Crippen molar-refractivity contribution < 1.29 is 9.13 Å². The Bertz CT molecular complexity index is 755. The van der Waals surface area contributed by atoms with Gasteiger partial charge in [-0.15, -0.1) is 11.3 Å². The van der Waals surface area contributed by atoms with Crippen LogP contribution in [0.2, 0.25) is 0 Å². The minimum atomic E-state index is -0.244. The summed E-state index contributed by atoms with van der Waals surface area (Å²) in [7, 11) is 0. The van der Waals surface area contributed by atoms with Crippen LogP contribution in [0.3, 0.4) is 0 Å². The van der Waals surface area contributed by atoms with E-state index in [0.717, 1.165) is 26.7 Å². The fourth-order valence-electron chi connectivity index (χ4n) is 2.25. The molecule has 0 N–H and O–H groups in total. The van der Waals surface area contributed by atoms with Gasteiger partial charge >= 0.3 is 0 Å². The first-order valence-corrected chi connectivity index (χ1v) is 7.88. The number of aromatic nitrogens is 1. The van der Waals surface area contributed by atoms with Gasteiger partial charge in [-0.2, -0.15) is 0 Å². The third kappa shape index (κ3) is 3.59. The molecule has 0 aliphatic rings. The fraction of sp³-hybridized carbons (Fsp3) is 0.167. The van der Waals surface area contributed by atoms with Crippen molar-refractivity contribution in [2.45, 2.75) is 20.1 Å². The summed E-state index contributed by atoms with van der Waals surface area (Å²) in [6, 6.07) is 16.6. The van der Waals surface area contributed by atoms with Crippen LogP contribution < -0.4 is 0 Å². The van der Waals surface area contributed by atoms with Crippen LogP contribution in [0.25, 0.3) is 11.3 Å². The molecular formula is C18H16FNOS. The predicted molar refractivity (Wildman–Crippen MR) is 87.2 cm³/mol. The van der Waals surface area contributed by atoms with Crippen LogP contribution in [0.4, 0.5) is 4.39 Å². The second-order valence-corrected chi connectivity index (χ2v) is 6.29. The van der Waals surface area contributed by atoms with Gasteiger partial charge in [-0.05, 0) is 24.6 Å². The van der Waals surface area contributed by atoms with E-state index >= 15 is 0 Å². The Morgan fingerprint density at radius 1 is 1.05 bits per heavy atom. The van der Waals surface area contributed by atoms with Gasteiger partial charge in [0.2, 0.25) is 0 Å². The van der Waals surface area contributed by atoms with Crippen molar-refractivity contribution in [2.24, 2.45) is 0 Å². The van der Waals surface area contributed by atoms with Crippen molar-refractivity contribution in [3.8, 4) is 11.3 Å². The Morgan fingerprint density at radius 2 is 1.86 bits per heavy atom. The number of aryl methyl sites for hydroxylation is 1. The van der Waals surface area contributed by atoms with Crippen LogP contribution in [0.1, 0.15) is 15.4 Å². The van der Waals surface area contributed by atoms with E-state index in [2.05, 4.69) is 4.98 Å². The van der Waals surface area contributed by atoms with Crippen molar-refractivity contribution in [3.05, 3.63) is 75.9 Å². The van der Waals surface area contributed by atoms with Crippen molar-refractivity contribution in [3.63, 3.8) is 0 Å². The molecule has 0 radical (unpaired) electrons. The lowest BCUT2D eigenvalue weighted by Crippen LogP contribution is -1.93. The van der Waals surface area contributed by atoms with Gasteiger partial charge in [0.1, 0.15) is 10.8 Å².